The SMILES string of the molecule is Cc1nc(C(=O)[O-])no1.[Li+]. The fourth-order valence-electron chi connectivity index (χ4n) is 0.382. The average molecular weight is 134 g/mol. The molecule has 48 valence electrons. The average Bonchev–Trinajstić information content (AvgIpc) is 2.14. The van der Waals surface area contributed by atoms with Gasteiger partial charge in [-0.25, -0.2) is 0 Å². The molecule has 0 radical (unpaired) electrons. The smallest absolute Gasteiger partial charge is 0.541 e. The molecule has 0 fully saturated rings. The topological polar surface area (TPSA) is 79.0 Å². The molecular formula is C4H3LiN2O3. The van der Waals surface area contributed by atoms with Crippen LogP contribution in [0.4, 0.5) is 0 Å². The van der Waals surface area contributed by atoms with Crippen LogP contribution in [0, 0.1) is 6.92 Å². The molecule has 1 aromatic rings. The molecule has 0 N–H and O–H groups in total. The minimum Gasteiger partial charge on any atom is -0.541 e. The molecule has 0 saturated carbocycles. The molecule has 0 atom stereocenters. The van der Waals surface area contributed by atoms with Crippen molar-refractivity contribution in [3.8, 4) is 0 Å². The molecule has 0 aliphatic heterocycles. The van der Waals surface area contributed by atoms with Crippen LogP contribution in [0.2, 0.25) is 0 Å². The Balaban J connectivity index is 0.000000810. The van der Waals surface area contributed by atoms with Crippen LogP contribution >= 0.6 is 0 Å². The number of nitrogens with zero attached hydrogens (tertiary/aromatic N) is 2. The Labute approximate surface area is 68.6 Å². The van der Waals surface area contributed by atoms with Crippen molar-refractivity contribution in [1.29, 1.82) is 0 Å². The van der Waals surface area contributed by atoms with Crippen LogP contribution in [-0.2, 0) is 0 Å². The second-order valence-electron chi connectivity index (χ2n) is 1.42. The van der Waals surface area contributed by atoms with Gasteiger partial charge in [0.15, 0.2) is 0 Å². The molecule has 1 aromatic heterocycles. The first-order valence-corrected chi connectivity index (χ1v) is 2.22. The van der Waals surface area contributed by atoms with Crippen LogP contribution in [0.15, 0.2) is 4.52 Å². The van der Waals surface area contributed by atoms with Gasteiger partial charge in [-0.1, -0.05) is 5.16 Å². The van der Waals surface area contributed by atoms with Gasteiger partial charge in [0.2, 0.25) is 11.7 Å². The summed E-state index contributed by atoms with van der Waals surface area (Å²) >= 11 is 0. The Morgan fingerprint density at radius 2 is 2.30 bits per heavy atom. The van der Waals surface area contributed by atoms with E-state index in [1.54, 1.807) is 0 Å². The second kappa shape index (κ2) is 3.39. The number of hydrogen-bond acceptors (Lipinski definition) is 5. The van der Waals surface area contributed by atoms with Gasteiger partial charge in [0.1, 0.15) is 5.97 Å². The molecule has 0 aromatic carbocycles. The number of rotatable bonds is 1. The standard InChI is InChI=1S/C4H4N2O3.Li/c1-2-5-3(4(7)8)6-9-2;/h1H3,(H,7,8);/q;+1/p-1. The van der Waals surface area contributed by atoms with E-state index < -0.39 is 11.8 Å². The van der Waals surface area contributed by atoms with Gasteiger partial charge in [-0.3, -0.25) is 0 Å². The monoisotopic (exact) mass is 134 g/mol. The van der Waals surface area contributed by atoms with Gasteiger partial charge in [-0.2, -0.15) is 4.98 Å². The molecule has 0 aliphatic carbocycles. The fraction of sp³-hybridized carbons (Fsp3) is 0.250. The Hall–Kier alpha value is -0.793. The van der Waals surface area contributed by atoms with Crippen LogP contribution < -0.4 is 24.0 Å². The van der Waals surface area contributed by atoms with Gasteiger partial charge >= 0.3 is 18.9 Å². The minimum absolute atomic E-state index is 0. The number of carboxylic acids is 1. The Morgan fingerprint density at radius 3 is 2.50 bits per heavy atom. The second-order valence-corrected chi connectivity index (χ2v) is 1.42. The maximum atomic E-state index is 9.92. The van der Waals surface area contributed by atoms with Crippen LogP contribution in [0.25, 0.3) is 0 Å². The van der Waals surface area contributed by atoms with Gasteiger partial charge in [-0.15, -0.1) is 0 Å². The fourth-order valence-corrected chi connectivity index (χ4v) is 0.382. The van der Waals surface area contributed by atoms with Crippen molar-refractivity contribution in [3.63, 3.8) is 0 Å². The molecule has 5 nitrogen and oxygen atoms in total. The molecule has 0 saturated heterocycles. The number of aryl methyl sites for hydroxylation is 1. The zero-order valence-corrected chi connectivity index (χ0v) is 5.62. The zero-order valence-electron chi connectivity index (χ0n) is 5.62. The van der Waals surface area contributed by atoms with E-state index in [1.165, 1.54) is 6.92 Å². The third-order valence-corrected chi connectivity index (χ3v) is 0.710. The molecule has 0 spiro atoms. The van der Waals surface area contributed by atoms with Gasteiger partial charge in [-0.05, 0) is 0 Å². The minimum atomic E-state index is -1.42. The molecule has 1 heterocycles. The Morgan fingerprint density at radius 1 is 1.70 bits per heavy atom. The summed E-state index contributed by atoms with van der Waals surface area (Å²) in [5.74, 6) is -1.62. The van der Waals surface area contributed by atoms with Crippen LogP contribution in [0.3, 0.4) is 0 Å². The van der Waals surface area contributed by atoms with E-state index in [-0.39, 0.29) is 24.8 Å². The van der Waals surface area contributed by atoms with Crippen molar-refractivity contribution in [3.05, 3.63) is 11.7 Å². The van der Waals surface area contributed by atoms with Crippen molar-refractivity contribution >= 4 is 5.97 Å². The summed E-state index contributed by atoms with van der Waals surface area (Å²) in [4.78, 5) is 13.3. The number of carboxylic acid groups (broad SMARTS) is 1. The summed E-state index contributed by atoms with van der Waals surface area (Å²) in [6.45, 7) is 1.50. The van der Waals surface area contributed by atoms with Gasteiger partial charge in [0, 0.05) is 6.92 Å². The molecule has 0 amide bonds. The third-order valence-electron chi connectivity index (χ3n) is 0.710. The maximum Gasteiger partial charge on any atom is 1.00 e. The largest absolute Gasteiger partial charge is 1.00 e. The number of aromatic nitrogens is 2. The normalized spacial score (nSPS) is 8.50. The molecule has 6 heteroatoms. The first-order valence-electron chi connectivity index (χ1n) is 2.22. The van der Waals surface area contributed by atoms with E-state index in [4.69, 9.17) is 0 Å². The number of hydrogen-bond donors (Lipinski definition) is 0. The summed E-state index contributed by atoms with van der Waals surface area (Å²) in [7, 11) is 0. The number of aromatic carboxylic acids is 1. The molecule has 0 unspecified atom stereocenters. The molecular weight excluding hydrogens is 131 g/mol. The van der Waals surface area contributed by atoms with E-state index >= 15 is 0 Å². The van der Waals surface area contributed by atoms with E-state index in [9.17, 15) is 9.90 Å². The molecule has 0 bridgehead atoms. The quantitative estimate of drug-likeness (QED) is 0.363. The Kier molecular flexibility index (Phi) is 3.13. The van der Waals surface area contributed by atoms with Gasteiger partial charge in [0.25, 0.3) is 0 Å². The van der Waals surface area contributed by atoms with Crippen molar-refractivity contribution in [2.45, 2.75) is 6.92 Å². The predicted molar refractivity (Wildman–Crippen MR) is 23.4 cm³/mol. The van der Waals surface area contributed by atoms with Crippen LogP contribution in [0.1, 0.15) is 16.5 Å². The summed E-state index contributed by atoms with van der Waals surface area (Å²) in [5, 5.41) is 13.0. The van der Waals surface area contributed by atoms with E-state index in [0.717, 1.165) is 0 Å². The van der Waals surface area contributed by atoms with E-state index in [0.29, 0.717) is 0 Å². The summed E-state index contributed by atoms with van der Waals surface area (Å²) in [6.07, 6.45) is 0. The van der Waals surface area contributed by atoms with Gasteiger partial charge < -0.3 is 14.4 Å². The van der Waals surface area contributed by atoms with Crippen molar-refractivity contribution in [2.75, 3.05) is 0 Å². The zero-order chi connectivity index (χ0) is 6.85. The predicted octanol–water partition coefficient (Wildman–Crippen LogP) is -4.25. The van der Waals surface area contributed by atoms with Crippen LogP contribution in [0.5, 0.6) is 0 Å². The van der Waals surface area contributed by atoms with Gasteiger partial charge in [0.05, 0.1) is 0 Å². The van der Waals surface area contributed by atoms with E-state index in [2.05, 4.69) is 14.7 Å². The maximum absolute atomic E-state index is 9.92. The first kappa shape index (κ1) is 9.21. The summed E-state index contributed by atoms with van der Waals surface area (Å²) < 4.78 is 4.34. The third kappa shape index (κ3) is 1.86. The number of carbonyl (C=O) groups is 1. The Bertz CT molecular complexity index is 234. The number of carbonyl (C=O) groups excluding carboxylic acids is 1. The van der Waals surface area contributed by atoms with Crippen molar-refractivity contribution < 1.29 is 33.3 Å². The summed E-state index contributed by atoms with van der Waals surface area (Å²) in [5.41, 5.74) is 0. The first-order chi connectivity index (χ1) is 4.20. The van der Waals surface area contributed by atoms with Crippen LogP contribution in [-0.4, -0.2) is 16.1 Å². The van der Waals surface area contributed by atoms with E-state index in [1.807, 2.05) is 0 Å². The van der Waals surface area contributed by atoms with Crippen molar-refractivity contribution in [1.82, 2.24) is 10.1 Å². The van der Waals surface area contributed by atoms with Crippen molar-refractivity contribution in [2.24, 2.45) is 0 Å². The molecule has 10 heavy (non-hydrogen) atoms. The molecule has 0 aliphatic rings. The summed E-state index contributed by atoms with van der Waals surface area (Å²) in [6, 6.07) is 0. The molecule has 1 rings (SSSR count).